The maximum atomic E-state index is 14.0. The second-order valence-corrected chi connectivity index (χ2v) is 8.48. The lowest BCUT2D eigenvalue weighted by Gasteiger charge is -2.37. The Morgan fingerprint density at radius 1 is 1.37 bits per heavy atom. The van der Waals surface area contributed by atoms with Gasteiger partial charge < -0.3 is 5.32 Å². The lowest BCUT2D eigenvalue weighted by atomic mass is 10.1. The van der Waals surface area contributed by atoms with E-state index >= 15 is 0 Å². The van der Waals surface area contributed by atoms with Gasteiger partial charge in [-0.25, -0.2) is 4.39 Å². The molecule has 0 amide bonds. The van der Waals surface area contributed by atoms with Crippen LogP contribution in [0.5, 0.6) is 0 Å². The molecule has 2 aromatic rings. The highest BCUT2D eigenvalue weighted by Gasteiger charge is 2.36. The monoisotopic (exact) mass is 434 g/mol. The van der Waals surface area contributed by atoms with Crippen molar-refractivity contribution in [2.45, 2.75) is 12.6 Å². The Bertz CT molecular complexity index is 850. The molecule has 1 fully saturated rings. The fraction of sp³-hybridized carbons (Fsp3) is 0.353. The fourth-order valence-electron chi connectivity index (χ4n) is 2.99. The van der Waals surface area contributed by atoms with Crippen LogP contribution in [0.4, 0.5) is 4.39 Å². The zero-order valence-corrected chi connectivity index (χ0v) is 17.1. The highest BCUT2D eigenvalue weighted by atomic mass is 35.5. The van der Waals surface area contributed by atoms with E-state index in [0.717, 1.165) is 9.87 Å². The summed E-state index contributed by atoms with van der Waals surface area (Å²) < 4.78 is 42.9. The van der Waals surface area contributed by atoms with Crippen LogP contribution < -0.4 is 5.32 Å². The Kier molecular flexibility index (Phi) is 7.55. The number of nitrogens with zero attached hydrogens (tertiary/aromatic N) is 3. The normalized spacial score (nSPS) is 18.3. The minimum atomic E-state index is -3.82. The van der Waals surface area contributed by atoms with Crippen LogP contribution in [-0.4, -0.2) is 48.7 Å². The van der Waals surface area contributed by atoms with Crippen molar-refractivity contribution >= 4 is 34.2 Å². The Hall–Kier alpha value is -1.29. The van der Waals surface area contributed by atoms with Gasteiger partial charge in [0, 0.05) is 56.2 Å². The summed E-state index contributed by atoms with van der Waals surface area (Å²) >= 11 is 6.04. The second-order valence-electron chi connectivity index (χ2n) is 6.08. The van der Waals surface area contributed by atoms with Crippen LogP contribution >= 0.6 is 24.0 Å². The van der Waals surface area contributed by atoms with Crippen molar-refractivity contribution < 1.29 is 12.8 Å². The summed E-state index contributed by atoms with van der Waals surface area (Å²) in [6.45, 7) is 1.21. The van der Waals surface area contributed by atoms with E-state index in [1.807, 2.05) is 6.07 Å². The highest BCUT2D eigenvalue weighted by molar-refractivity contribution is 7.86. The lowest BCUT2D eigenvalue weighted by Crippen LogP contribution is -2.52. The molecule has 10 heteroatoms. The predicted octanol–water partition coefficient (Wildman–Crippen LogP) is 2.62. The summed E-state index contributed by atoms with van der Waals surface area (Å²) in [5.41, 5.74) is 0.967. The molecule has 1 saturated heterocycles. The molecule has 1 aliphatic rings. The molecule has 6 nitrogen and oxygen atoms in total. The number of rotatable bonds is 5. The number of pyridine rings is 1. The van der Waals surface area contributed by atoms with Gasteiger partial charge in [0.25, 0.3) is 10.2 Å². The molecule has 1 aromatic heterocycles. The summed E-state index contributed by atoms with van der Waals surface area (Å²) in [6.07, 6.45) is 3.30. The molecule has 0 spiro atoms. The number of hydrogen-bond acceptors (Lipinski definition) is 4. The molecule has 27 heavy (non-hydrogen) atoms. The molecule has 1 N–H and O–H groups in total. The zero-order valence-electron chi connectivity index (χ0n) is 14.7. The standard InChI is InChI=1S/C17H20ClFN4O2S.ClH/c1-22(12-14-15(18)5-2-6-16(14)19)26(24,25)23-9-8-21-11-17(23)13-4-3-7-20-10-13;/h2-7,10,17,21H,8-9,11-12H2,1H3;1H. The van der Waals surface area contributed by atoms with Crippen molar-refractivity contribution in [3.05, 3.63) is 64.7 Å². The average molecular weight is 435 g/mol. The first kappa shape index (κ1) is 22.0. The third-order valence-electron chi connectivity index (χ3n) is 4.40. The van der Waals surface area contributed by atoms with Crippen molar-refractivity contribution in [1.82, 2.24) is 18.9 Å². The van der Waals surface area contributed by atoms with E-state index in [1.165, 1.54) is 23.5 Å². The highest BCUT2D eigenvalue weighted by Crippen LogP contribution is 2.28. The van der Waals surface area contributed by atoms with Gasteiger partial charge in [0.15, 0.2) is 0 Å². The van der Waals surface area contributed by atoms with Crippen LogP contribution in [0.2, 0.25) is 5.02 Å². The number of halogens is 3. The first-order valence-corrected chi connectivity index (χ1v) is 9.95. The predicted molar refractivity (Wildman–Crippen MR) is 106 cm³/mol. The van der Waals surface area contributed by atoms with Crippen LogP contribution in [0.25, 0.3) is 0 Å². The van der Waals surface area contributed by atoms with Gasteiger partial charge in [-0.3, -0.25) is 4.98 Å². The molecule has 148 valence electrons. The van der Waals surface area contributed by atoms with Gasteiger partial charge in [-0.15, -0.1) is 12.4 Å². The Balaban J connectivity index is 0.00000261. The molecule has 0 saturated carbocycles. The third kappa shape index (κ3) is 4.77. The van der Waals surface area contributed by atoms with Crippen LogP contribution in [0.3, 0.4) is 0 Å². The largest absolute Gasteiger partial charge is 0.313 e. The maximum Gasteiger partial charge on any atom is 0.282 e. The van der Waals surface area contributed by atoms with Crippen molar-refractivity contribution in [3.63, 3.8) is 0 Å². The topological polar surface area (TPSA) is 65.5 Å². The second kappa shape index (κ2) is 9.27. The van der Waals surface area contributed by atoms with Gasteiger partial charge in [0.1, 0.15) is 5.82 Å². The van der Waals surface area contributed by atoms with Crippen molar-refractivity contribution in [3.8, 4) is 0 Å². The first-order valence-electron chi connectivity index (χ1n) is 8.18. The quantitative estimate of drug-likeness (QED) is 0.785. The molecule has 1 aromatic carbocycles. The molecule has 0 radical (unpaired) electrons. The van der Waals surface area contributed by atoms with Gasteiger partial charge in [0.2, 0.25) is 0 Å². The van der Waals surface area contributed by atoms with Gasteiger partial charge >= 0.3 is 0 Å². The number of nitrogens with one attached hydrogen (secondary N) is 1. The van der Waals surface area contributed by atoms with E-state index in [1.54, 1.807) is 24.5 Å². The lowest BCUT2D eigenvalue weighted by molar-refractivity contribution is 0.251. The van der Waals surface area contributed by atoms with E-state index in [9.17, 15) is 12.8 Å². The minimum absolute atomic E-state index is 0. The molecule has 2 heterocycles. The summed E-state index contributed by atoms with van der Waals surface area (Å²) in [5, 5.41) is 3.41. The molecule has 0 aliphatic carbocycles. The number of benzene rings is 1. The third-order valence-corrected chi connectivity index (χ3v) is 6.70. The van der Waals surface area contributed by atoms with Crippen LogP contribution in [0, 0.1) is 5.82 Å². The Labute approximate surface area is 169 Å². The average Bonchev–Trinajstić information content (AvgIpc) is 2.65. The fourth-order valence-corrected chi connectivity index (χ4v) is 4.70. The van der Waals surface area contributed by atoms with E-state index < -0.39 is 16.0 Å². The van der Waals surface area contributed by atoms with Crippen LogP contribution in [-0.2, 0) is 16.8 Å². The summed E-state index contributed by atoms with van der Waals surface area (Å²) in [4.78, 5) is 4.08. The van der Waals surface area contributed by atoms with Crippen molar-refractivity contribution in [1.29, 1.82) is 0 Å². The van der Waals surface area contributed by atoms with Gasteiger partial charge in [-0.2, -0.15) is 17.0 Å². The van der Waals surface area contributed by atoms with Crippen molar-refractivity contribution in [2.24, 2.45) is 0 Å². The molecule has 0 bridgehead atoms. The maximum absolute atomic E-state index is 14.0. The van der Waals surface area contributed by atoms with Gasteiger partial charge in [-0.1, -0.05) is 23.7 Å². The summed E-state index contributed by atoms with van der Waals surface area (Å²) in [7, 11) is -2.39. The smallest absolute Gasteiger partial charge is 0.282 e. The van der Waals surface area contributed by atoms with E-state index in [-0.39, 0.29) is 35.6 Å². The molecule has 1 aliphatic heterocycles. The number of hydrogen-bond donors (Lipinski definition) is 1. The number of aromatic nitrogens is 1. The van der Waals surface area contributed by atoms with E-state index in [2.05, 4.69) is 10.3 Å². The zero-order chi connectivity index (χ0) is 18.7. The van der Waals surface area contributed by atoms with Crippen LogP contribution in [0.15, 0.2) is 42.7 Å². The molecule has 3 rings (SSSR count). The molecule has 1 unspecified atom stereocenters. The van der Waals surface area contributed by atoms with E-state index in [4.69, 9.17) is 11.6 Å². The van der Waals surface area contributed by atoms with Gasteiger partial charge in [0.05, 0.1) is 6.04 Å². The Morgan fingerprint density at radius 2 is 2.15 bits per heavy atom. The van der Waals surface area contributed by atoms with Crippen LogP contribution in [0.1, 0.15) is 17.2 Å². The first-order chi connectivity index (χ1) is 12.4. The summed E-state index contributed by atoms with van der Waals surface area (Å²) in [6, 6.07) is 7.55. The van der Waals surface area contributed by atoms with Crippen molar-refractivity contribution in [2.75, 3.05) is 26.7 Å². The molecular weight excluding hydrogens is 414 g/mol. The molecule has 1 atom stereocenters. The van der Waals surface area contributed by atoms with E-state index in [0.29, 0.717) is 19.6 Å². The SMILES string of the molecule is CN(Cc1c(F)cccc1Cl)S(=O)(=O)N1CCNCC1c1cccnc1.Cl. The Morgan fingerprint density at radius 3 is 2.81 bits per heavy atom. The number of piperazine rings is 1. The van der Waals surface area contributed by atoms with Gasteiger partial charge in [-0.05, 0) is 23.8 Å². The molecular formula is C17H21Cl2FN4O2S. The minimum Gasteiger partial charge on any atom is -0.313 e. The summed E-state index contributed by atoms with van der Waals surface area (Å²) in [5.74, 6) is -0.524.